The Morgan fingerprint density at radius 1 is 1.05 bits per heavy atom. The Morgan fingerprint density at radius 3 is 2.59 bits per heavy atom. The van der Waals surface area contributed by atoms with Crippen molar-refractivity contribution < 1.29 is 14.6 Å². The first-order chi connectivity index (χ1) is 18.0. The van der Waals surface area contributed by atoms with Gasteiger partial charge in [-0.15, -0.1) is 0 Å². The molecule has 1 aliphatic rings. The predicted octanol–water partition coefficient (Wildman–Crippen LogP) is 5.90. The fourth-order valence-electron chi connectivity index (χ4n) is 5.52. The molecule has 0 aliphatic carbocycles. The molecule has 2 heterocycles. The van der Waals surface area contributed by atoms with Crippen LogP contribution >= 0.6 is 0 Å². The summed E-state index contributed by atoms with van der Waals surface area (Å²) in [6.07, 6.45) is 0.999. The molecule has 2 N–H and O–H groups in total. The number of fused-ring (bicyclic) bond motifs is 1. The van der Waals surface area contributed by atoms with Crippen molar-refractivity contribution in [3.63, 3.8) is 0 Å². The first-order valence-corrected chi connectivity index (χ1v) is 12.8. The van der Waals surface area contributed by atoms with Gasteiger partial charge < -0.3 is 20.1 Å². The van der Waals surface area contributed by atoms with Gasteiger partial charge in [-0.25, -0.2) is 4.79 Å². The van der Waals surface area contributed by atoms with E-state index in [2.05, 4.69) is 94.9 Å². The molecule has 1 aromatic heterocycles. The molecule has 6 heteroatoms. The lowest BCUT2D eigenvalue weighted by molar-refractivity contribution is 0.0692. The highest BCUT2D eigenvalue weighted by Crippen LogP contribution is 2.35. The second kappa shape index (κ2) is 11.0. The van der Waals surface area contributed by atoms with Crippen LogP contribution in [0.15, 0.2) is 84.9 Å². The first kappa shape index (κ1) is 24.8. The topological polar surface area (TPSA) is 74.7 Å². The minimum absolute atomic E-state index is 0.0763. The molecule has 0 radical (unpaired) electrons. The molecule has 1 fully saturated rings. The molecule has 0 bridgehead atoms. The highest BCUT2D eigenvalue weighted by Gasteiger charge is 2.32. The van der Waals surface area contributed by atoms with Gasteiger partial charge in [0.1, 0.15) is 11.4 Å². The van der Waals surface area contributed by atoms with Crippen LogP contribution in [0.2, 0.25) is 0 Å². The summed E-state index contributed by atoms with van der Waals surface area (Å²) in [5.41, 5.74) is 2.71. The average Bonchev–Trinajstić information content (AvgIpc) is 2.95. The van der Waals surface area contributed by atoms with E-state index in [4.69, 9.17) is 4.74 Å². The quantitative estimate of drug-likeness (QED) is 0.317. The van der Waals surface area contributed by atoms with Crippen LogP contribution < -0.4 is 15.0 Å². The number of carboxylic acids is 1. The van der Waals surface area contributed by atoms with Crippen LogP contribution in [0.5, 0.6) is 5.88 Å². The lowest BCUT2D eigenvalue weighted by atomic mass is 9.80. The lowest BCUT2D eigenvalue weighted by Gasteiger charge is -2.40. The number of piperidine rings is 1. The number of rotatable bonds is 8. The molecule has 2 unspecified atom stereocenters. The monoisotopic (exact) mass is 495 g/mol. The van der Waals surface area contributed by atoms with E-state index in [-0.39, 0.29) is 17.5 Å². The SMILES string of the molecule is COc1nc(N2CCC(CN[C@H](C)c3cccc4ccccc34)C(c3ccccc3)C2)ccc1C(=O)O. The summed E-state index contributed by atoms with van der Waals surface area (Å²) in [5.74, 6) is 0.626. The number of anilines is 1. The van der Waals surface area contributed by atoms with Gasteiger partial charge in [-0.1, -0.05) is 72.8 Å². The van der Waals surface area contributed by atoms with Gasteiger partial charge in [0.25, 0.3) is 0 Å². The summed E-state index contributed by atoms with van der Waals surface area (Å²) >= 11 is 0. The predicted molar refractivity (Wildman–Crippen MR) is 148 cm³/mol. The Bertz CT molecular complexity index is 1370. The Kier molecular flexibility index (Phi) is 7.37. The summed E-state index contributed by atoms with van der Waals surface area (Å²) in [4.78, 5) is 18.3. The zero-order valence-electron chi connectivity index (χ0n) is 21.3. The summed E-state index contributed by atoms with van der Waals surface area (Å²) in [6, 6.07) is 29.3. The van der Waals surface area contributed by atoms with Gasteiger partial charge in [0.2, 0.25) is 5.88 Å². The van der Waals surface area contributed by atoms with Gasteiger partial charge in [0, 0.05) is 25.0 Å². The van der Waals surface area contributed by atoms with Crippen molar-refractivity contribution in [2.45, 2.75) is 25.3 Å². The van der Waals surface area contributed by atoms with Crippen LogP contribution in [0.4, 0.5) is 5.82 Å². The van der Waals surface area contributed by atoms with E-state index in [0.717, 1.165) is 31.9 Å². The zero-order valence-corrected chi connectivity index (χ0v) is 21.3. The highest BCUT2D eigenvalue weighted by atomic mass is 16.5. The Hall–Kier alpha value is -3.90. The summed E-state index contributed by atoms with van der Waals surface area (Å²) in [6.45, 7) is 4.81. The van der Waals surface area contributed by atoms with Crippen molar-refractivity contribution in [2.24, 2.45) is 5.92 Å². The number of nitrogens with one attached hydrogen (secondary N) is 1. The fraction of sp³-hybridized carbons (Fsp3) is 0.290. The number of aromatic carboxylic acids is 1. The van der Waals surface area contributed by atoms with E-state index < -0.39 is 5.97 Å². The van der Waals surface area contributed by atoms with E-state index in [1.807, 2.05) is 0 Å². The maximum Gasteiger partial charge on any atom is 0.341 e. The zero-order chi connectivity index (χ0) is 25.8. The Balaban J connectivity index is 1.35. The van der Waals surface area contributed by atoms with Crippen molar-refractivity contribution in [2.75, 3.05) is 31.6 Å². The van der Waals surface area contributed by atoms with Crippen molar-refractivity contribution >= 4 is 22.6 Å². The molecule has 6 nitrogen and oxygen atoms in total. The third kappa shape index (κ3) is 5.30. The molecule has 4 aromatic rings. The number of pyridine rings is 1. The lowest BCUT2D eigenvalue weighted by Crippen LogP contribution is -2.43. The maximum atomic E-state index is 11.5. The molecule has 3 atom stereocenters. The van der Waals surface area contributed by atoms with Gasteiger partial charge >= 0.3 is 5.97 Å². The molecule has 1 aliphatic heterocycles. The molecule has 0 spiro atoms. The van der Waals surface area contributed by atoms with Crippen LogP contribution in [-0.2, 0) is 0 Å². The van der Waals surface area contributed by atoms with Gasteiger partial charge in [-0.2, -0.15) is 4.98 Å². The van der Waals surface area contributed by atoms with Gasteiger partial charge in [-0.05, 0) is 59.8 Å². The number of carboxylic acid groups (broad SMARTS) is 1. The number of benzene rings is 3. The fourth-order valence-corrected chi connectivity index (χ4v) is 5.52. The molecule has 0 saturated carbocycles. The van der Waals surface area contributed by atoms with Gasteiger partial charge in [0.15, 0.2) is 0 Å². The summed E-state index contributed by atoms with van der Waals surface area (Å²) in [7, 11) is 1.46. The largest absolute Gasteiger partial charge is 0.480 e. The minimum atomic E-state index is -1.04. The van der Waals surface area contributed by atoms with Gasteiger partial charge in [0.05, 0.1) is 7.11 Å². The molecule has 37 heavy (non-hydrogen) atoms. The number of nitrogens with zero attached hydrogens (tertiary/aromatic N) is 2. The van der Waals surface area contributed by atoms with Crippen molar-refractivity contribution in [3.05, 3.63) is 102 Å². The Morgan fingerprint density at radius 2 is 1.81 bits per heavy atom. The van der Waals surface area contributed by atoms with E-state index >= 15 is 0 Å². The van der Waals surface area contributed by atoms with E-state index in [9.17, 15) is 9.90 Å². The van der Waals surface area contributed by atoms with Gasteiger partial charge in [-0.3, -0.25) is 0 Å². The average molecular weight is 496 g/mol. The smallest absolute Gasteiger partial charge is 0.341 e. The number of aromatic nitrogens is 1. The van der Waals surface area contributed by atoms with Crippen molar-refractivity contribution in [1.29, 1.82) is 0 Å². The van der Waals surface area contributed by atoms with E-state index in [1.54, 1.807) is 12.1 Å². The van der Waals surface area contributed by atoms with Crippen molar-refractivity contribution in [3.8, 4) is 5.88 Å². The minimum Gasteiger partial charge on any atom is -0.480 e. The van der Waals surface area contributed by atoms with Crippen molar-refractivity contribution in [1.82, 2.24) is 10.3 Å². The molecular formula is C31H33N3O3. The highest BCUT2D eigenvalue weighted by molar-refractivity contribution is 5.90. The Labute approximate surface area is 217 Å². The third-order valence-electron chi connectivity index (χ3n) is 7.55. The number of methoxy groups -OCH3 is 1. The second-order valence-corrected chi connectivity index (χ2v) is 9.74. The van der Waals surface area contributed by atoms with E-state index in [1.165, 1.54) is 29.0 Å². The molecule has 3 aromatic carbocycles. The van der Waals surface area contributed by atoms with Crippen LogP contribution in [0.1, 0.15) is 46.8 Å². The first-order valence-electron chi connectivity index (χ1n) is 12.8. The second-order valence-electron chi connectivity index (χ2n) is 9.74. The maximum absolute atomic E-state index is 11.5. The van der Waals surface area contributed by atoms with Crippen LogP contribution in [-0.4, -0.2) is 42.8 Å². The molecular weight excluding hydrogens is 462 g/mol. The molecule has 5 rings (SSSR count). The molecule has 0 amide bonds. The van der Waals surface area contributed by atoms with Crippen LogP contribution in [0.3, 0.4) is 0 Å². The van der Waals surface area contributed by atoms with Crippen LogP contribution in [0, 0.1) is 5.92 Å². The number of hydrogen-bond acceptors (Lipinski definition) is 5. The molecule has 190 valence electrons. The normalized spacial score (nSPS) is 18.5. The molecule has 1 saturated heterocycles. The van der Waals surface area contributed by atoms with E-state index in [0.29, 0.717) is 11.8 Å². The number of ether oxygens (including phenoxy) is 1. The number of carbonyl (C=O) groups is 1. The standard InChI is InChI=1S/C31H33N3O3/c1-21(25-14-8-12-22-11-6-7-13-26(22)25)32-19-24-17-18-34(20-28(24)23-9-4-3-5-10-23)29-16-15-27(31(35)36)30(33-29)37-2/h3-16,21,24,28,32H,17-20H2,1-2H3,(H,35,36)/t21-,24?,28?/m1/s1. The number of hydrogen-bond donors (Lipinski definition) is 2. The summed E-state index contributed by atoms with van der Waals surface area (Å²) < 4.78 is 5.28. The summed E-state index contributed by atoms with van der Waals surface area (Å²) in [5, 5.41) is 15.8. The third-order valence-corrected chi connectivity index (χ3v) is 7.55. The van der Waals surface area contributed by atoms with Crippen LogP contribution in [0.25, 0.3) is 10.8 Å².